The zero-order valence-corrected chi connectivity index (χ0v) is 14.9. The number of hydrogen-bond donors (Lipinski definition) is 0. The Labute approximate surface area is 137 Å². The molecule has 3 rings (SSSR count). The van der Waals surface area contributed by atoms with Crippen molar-refractivity contribution in [2.24, 2.45) is 0 Å². The van der Waals surface area contributed by atoms with Crippen molar-refractivity contribution in [2.45, 2.75) is 6.92 Å². The lowest BCUT2D eigenvalue weighted by atomic mass is 10.4. The molecule has 2 heteroatoms. The summed E-state index contributed by atoms with van der Waals surface area (Å²) in [6.07, 6.45) is 1.14. The monoisotopic (exact) mass is 324 g/mol. The molecule has 0 atom stereocenters. The van der Waals surface area contributed by atoms with E-state index in [0.717, 1.165) is 6.16 Å². The van der Waals surface area contributed by atoms with E-state index in [1.807, 2.05) is 0 Å². The molecular weight excluding hydrogens is 302 g/mol. The van der Waals surface area contributed by atoms with Gasteiger partial charge in [-0.15, -0.1) is 0 Å². The van der Waals surface area contributed by atoms with Crippen LogP contribution >= 0.6 is 17.2 Å². The quantitative estimate of drug-likeness (QED) is 0.627. The van der Waals surface area contributed by atoms with E-state index >= 15 is 0 Å². The highest BCUT2D eigenvalue weighted by Gasteiger charge is 2.43. The van der Waals surface area contributed by atoms with Gasteiger partial charge in [-0.05, 0) is 43.3 Å². The van der Waals surface area contributed by atoms with Gasteiger partial charge in [-0.25, -0.2) is 0 Å². The third-order valence-corrected chi connectivity index (χ3v) is 8.55. The fraction of sp³-hybridized carbons (Fsp3) is 0.100. The van der Waals surface area contributed by atoms with E-state index < -0.39 is 7.26 Å². The summed E-state index contributed by atoms with van der Waals surface area (Å²) in [4.78, 5) is 0. The molecule has 0 aromatic heterocycles. The molecular formula is C20H22P2. The molecule has 0 unspecified atom stereocenters. The molecule has 0 amide bonds. The third-order valence-electron chi connectivity index (χ3n) is 4.07. The second-order valence-electron chi connectivity index (χ2n) is 5.13. The van der Waals surface area contributed by atoms with Crippen LogP contribution < -0.4 is 15.9 Å². The molecule has 0 nitrogen and oxygen atoms in total. The minimum atomic E-state index is -1.53. The van der Waals surface area contributed by atoms with Crippen LogP contribution in [0.5, 0.6) is 0 Å². The van der Waals surface area contributed by atoms with Gasteiger partial charge < -0.3 is 9.90 Å². The molecule has 0 aliphatic heterocycles. The molecule has 22 heavy (non-hydrogen) atoms. The van der Waals surface area contributed by atoms with Gasteiger partial charge in [-0.1, -0.05) is 54.6 Å². The highest BCUT2D eigenvalue weighted by Crippen LogP contribution is 2.54. The molecule has 0 heterocycles. The SMILES string of the molecule is CC[P+](c1ccccc1)(c1ccccc1)c1ccccc1.[PH2-]. The fourth-order valence-corrected chi connectivity index (χ4v) is 7.08. The van der Waals surface area contributed by atoms with Crippen molar-refractivity contribution in [1.29, 1.82) is 0 Å². The molecule has 0 saturated heterocycles. The minimum Gasteiger partial charge on any atom is -0.577 e. The molecule has 0 N–H and O–H groups in total. The van der Waals surface area contributed by atoms with Crippen molar-refractivity contribution in [3.05, 3.63) is 91.0 Å². The minimum absolute atomic E-state index is 0. The fourth-order valence-electron chi connectivity index (χ4n) is 3.04. The molecule has 3 aromatic rings. The van der Waals surface area contributed by atoms with Crippen LogP contribution in [0.25, 0.3) is 0 Å². The highest BCUT2D eigenvalue weighted by molar-refractivity contribution is 7.95. The van der Waals surface area contributed by atoms with Crippen LogP contribution in [0.2, 0.25) is 0 Å². The molecule has 0 radical (unpaired) electrons. The molecule has 3 aromatic carbocycles. The van der Waals surface area contributed by atoms with E-state index in [1.165, 1.54) is 15.9 Å². The second-order valence-corrected chi connectivity index (χ2v) is 8.93. The Hall–Kier alpha value is -1.48. The summed E-state index contributed by atoms with van der Waals surface area (Å²) in [5.41, 5.74) is 0. The van der Waals surface area contributed by atoms with Gasteiger partial charge in [0.05, 0.1) is 6.16 Å². The van der Waals surface area contributed by atoms with E-state index in [4.69, 9.17) is 0 Å². The zero-order chi connectivity index (χ0) is 14.5. The Bertz CT molecular complexity index is 582. The first-order valence-corrected chi connectivity index (χ1v) is 9.40. The average Bonchev–Trinajstić information content (AvgIpc) is 2.59. The van der Waals surface area contributed by atoms with Crippen LogP contribution in [0.1, 0.15) is 6.92 Å². The maximum Gasteiger partial charge on any atom is 0.111 e. The van der Waals surface area contributed by atoms with Crippen LogP contribution in [-0.4, -0.2) is 6.16 Å². The lowest BCUT2D eigenvalue weighted by Gasteiger charge is -2.26. The van der Waals surface area contributed by atoms with Gasteiger partial charge in [0, 0.05) is 0 Å². The van der Waals surface area contributed by atoms with Gasteiger partial charge >= 0.3 is 0 Å². The molecule has 0 fully saturated rings. The maximum atomic E-state index is 2.32. The van der Waals surface area contributed by atoms with Crippen LogP contribution in [0, 0.1) is 0 Å². The van der Waals surface area contributed by atoms with Crippen LogP contribution in [0.3, 0.4) is 0 Å². The number of rotatable bonds is 4. The van der Waals surface area contributed by atoms with Gasteiger partial charge in [0.15, 0.2) is 0 Å². The largest absolute Gasteiger partial charge is 0.577 e. The van der Waals surface area contributed by atoms with Crippen LogP contribution in [-0.2, 0) is 0 Å². The Morgan fingerprint density at radius 2 is 0.818 bits per heavy atom. The lowest BCUT2D eigenvalue weighted by molar-refractivity contribution is 1.48. The van der Waals surface area contributed by atoms with E-state index in [1.54, 1.807) is 0 Å². The van der Waals surface area contributed by atoms with Crippen molar-refractivity contribution < 1.29 is 0 Å². The molecule has 0 aliphatic carbocycles. The maximum absolute atomic E-state index is 2.32. The predicted octanol–water partition coefficient (Wildman–Crippen LogP) is 4.33. The molecule has 0 bridgehead atoms. The Kier molecular flexibility index (Phi) is 5.90. The van der Waals surface area contributed by atoms with Crippen molar-refractivity contribution in [2.75, 3.05) is 6.16 Å². The Morgan fingerprint density at radius 1 is 0.545 bits per heavy atom. The van der Waals surface area contributed by atoms with Gasteiger partial charge in [0.1, 0.15) is 23.2 Å². The van der Waals surface area contributed by atoms with Gasteiger partial charge in [0.2, 0.25) is 0 Å². The summed E-state index contributed by atoms with van der Waals surface area (Å²) in [5.74, 6) is 0. The smallest absolute Gasteiger partial charge is 0.111 e. The first kappa shape index (κ1) is 16.9. The van der Waals surface area contributed by atoms with Crippen molar-refractivity contribution in [1.82, 2.24) is 0 Å². The van der Waals surface area contributed by atoms with Crippen molar-refractivity contribution in [3.8, 4) is 0 Å². The Balaban J connectivity index is 0.00000176. The standard InChI is InChI=1S/C20H20P.H2P/c1-2-21(18-12-6-3-7-13-18,19-14-8-4-9-15-19)20-16-10-5-11-17-20;/h3-17H,2H2,1H3;1H2/q+1;-1. The van der Waals surface area contributed by atoms with Crippen molar-refractivity contribution >= 4 is 33.1 Å². The number of benzene rings is 3. The zero-order valence-electron chi connectivity index (χ0n) is 12.9. The summed E-state index contributed by atoms with van der Waals surface area (Å²) in [6, 6.07) is 33.0. The van der Waals surface area contributed by atoms with Gasteiger partial charge in [0.25, 0.3) is 0 Å². The first-order valence-electron chi connectivity index (χ1n) is 7.43. The lowest BCUT2D eigenvalue weighted by Crippen LogP contribution is -2.32. The van der Waals surface area contributed by atoms with Gasteiger partial charge in [-0.3, -0.25) is 0 Å². The third kappa shape index (κ3) is 3.00. The second kappa shape index (κ2) is 7.68. The topological polar surface area (TPSA) is 0 Å². The van der Waals surface area contributed by atoms with Gasteiger partial charge in [-0.2, -0.15) is 0 Å². The van der Waals surface area contributed by atoms with Crippen LogP contribution in [0.4, 0.5) is 0 Å². The summed E-state index contributed by atoms with van der Waals surface area (Å²) in [5, 5.41) is 4.39. The summed E-state index contributed by atoms with van der Waals surface area (Å²) in [6.45, 7) is 2.32. The number of hydrogen-bond acceptors (Lipinski definition) is 0. The van der Waals surface area contributed by atoms with Crippen molar-refractivity contribution in [3.63, 3.8) is 0 Å². The van der Waals surface area contributed by atoms with E-state index in [2.05, 4.69) is 97.9 Å². The molecule has 0 aliphatic rings. The normalized spacial score (nSPS) is 10.8. The first-order chi connectivity index (χ1) is 10.4. The van der Waals surface area contributed by atoms with E-state index in [0.29, 0.717) is 0 Å². The molecule has 0 saturated carbocycles. The summed E-state index contributed by atoms with van der Waals surface area (Å²) >= 11 is 0. The highest BCUT2D eigenvalue weighted by atomic mass is 31.2. The molecule has 112 valence electrons. The summed E-state index contributed by atoms with van der Waals surface area (Å²) in [7, 11) is -1.53. The Morgan fingerprint density at radius 3 is 1.05 bits per heavy atom. The average molecular weight is 324 g/mol. The summed E-state index contributed by atoms with van der Waals surface area (Å²) < 4.78 is 0. The van der Waals surface area contributed by atoms with Crippen LogP contribution in [0.15, 0.2) is 91.0 Å². The molecule has 0 spiro atoms. The van der Waals surface area contributed by atoms with E-state index in [-0.39, 0.29) is 9.90 Å². The predicted molar refractivity (Wildman–Crippen MR) is 105 cm³/mol. The van der Waals surface area contributed by atoms with E-state index in [9.17, 15) is 0 Å².